The molecule has 0 aliphatic carbocycles. The predicted molar refractivity (Wildman–Crippen MR) is 89.1 cm³/mol. The lowest BCUT2D eigenvalue weighted by Crippen LogP contribution is -2.35. The Morgan fingerprint density at radius 1 is 1.28 bits per heavy atom. The molecule has 25 heavy (non-hydrogen) atoms. The summed E-state index contributed by atoms with van der Waals surface area (Å²) in [4.78, 5) is 49.3. The summed E-state index contributed by atoms with van der Waals surface area (Å²) in [5, 5.41) is 0. The molecule has 2 rings (SSSR count). The van der Waals surface area contributed by atoms with Gasteiger partial charge < -0.3 is 15.2 Å². The number of carbonyl (C=O) groups excluding carboxylic acids is 2. The van der Waals surface area contributed by atoms with E-state index in [4.69, 9.17) is 15.2 Å². The molecule has 1 aromatic heterocycles. The number of anilines is 1. The first-order valence-electron chi connectivity index (χ1n) is 7.20. The van der Waals surface area contributed by atoms with Gasteiger partial charge in [-0.25, -0.2) is 9.59 Å². The van der Waals surface area contributed by atoms with Crippen molar-refractivity contribution >= 4 is 17.6 Å². The molecule has 0 atom stereocenters. The zero-order valence-electron chi connectivity index (χ0n) is 13.9. The normalized spacial score (nSPS) is 10.4. The molecule has 132 valence electrons. The molecule has 3 N–H and O–H groups in total. The Kier molecular flexibility index (Phi) is 5.06. The van der Waals surface area contributed by atoms with Gasteiger partial charge in [0.1, 0.15) is 17.1 Å². The minimum Gasteiger partial charge on any atom is -0.496 e. The van der Waals surface area contributed by atoms with Crippen LogP contribution in [-0.4, -0.2) is 35.0 Å². The van der Waals surface area contributed by atoms with Gasteiger partial charge in [0.25, 0.3) is 5.56 Å². The summed E-state index contributed by atoms with van der Waals surface area (Å²) in [5.41, 5.74) is 4.53. The summed E-state index contributed by atoms with van der Waals surface area (Å²) in [7, 11) is 2.77. The number of nitrogens with zero attached hydrogens (tertiary/aromatic N) is 1. The van der Waals surface area contributed by atoms with Crippen molar-refractivity contribution in [2.24, 2.45) is 7.05 Å². The van der Waals surface area contributed by atoms with E-state index in [1.165, 1.54) is 26.3 Å². The summed E-state index contributed by atoms with van der Waals surface area (Å²) >= 11 is 0. The predicted octanol–water partition coefficient (Wildman–Crippen LogP) is 0.0125. The van der Waals surface area contributed by atoms with E-state index in [9.17, 15) is 19.2 Å². The van der Waals surface area contributed by atoms with E-state index in [0.29, 0.717) is 5.75 Å². The fraction of sp³-hybridized carbons (Fsp3) is 0.250. The van der Waals surface area contributed by atoms with Crippen LogP contribution in [-0.2, 0) is 11.8 Å². The van der Waals surface area contributed by atoms with Gasteiger partial charge in [0, 0.05) is 7.05 Å². The molecule has 0 saturated carbocycles. The van der Waals surface area contributed by atoms with E-state index in [2.05, 4.69) is 0 Å². The summed E-state index contributed by atoms with van der Waals surface area (Å²) in [6.45, 7) is 1.12. The average molecular weight is 347 g/mol. The molecule has 1 aromatic carbocycles. The highest BCUT2D eigenvalue weighted by Gasteiger charge is 2.20. The fourth-order valence-corrected chi connectivity index (χ4v) is 2.14. The van der Waals surface area contributed by atoms with Crippen molar-refractivity contribution in [1.29, 1.82) is 0 Å². The number of aromatic nitrogens is 2. The van der Waals surface area contributed by atoms with Crippen LogP contribution in [0.15, 0.2) is 27.8 Å². The zero-order valence-corrected chi connectivity index (χ0v) is 13.9. The summed E-state index contributed by atoms with van der Waals surface area (Å²) in [6, 6.07) is 4.68. The molecular weight excluding hydrogens is 330 g/mol. The standard InChI is InChI=1S/C16H17N3O6/c1-8-4-5-9(6-11(8)24-3)15(22)25-7-10(20)12-13(17)19(2)16(23)18-14(12)21/h4-6H,7,17H2,1-3H3,(H,18,21,23). The number of carbonyl (C=O) groups is 2. The smallest absolute Gasteiger partial charge is 0.338 e. The number of ketones is 1. The molecule has 9 nitrogen and oxygen atoms in total. The van der Waals surface area contributed by atoms with Crippen LogP contribution in [0.25, 0.3) is 0 Å². The van der Waals surface area contributed by atoms with Crippen molar-refractivity contribution in [1.82, 2.24) is 9.55 Å². The maximum absolute atomic E-state index is 12.1. The molecule has 0 unspecified atom stereocenters. The molecule has 9 heteroatoms. The number of nitrogens with two attached hydrogens (primary N) is 1. The molecule has 0 aliphatic heterocycles. The number of nitrogen functional groups attached to an aromatic ring is 1. The largest absolute Gasteiger partial charge is 0.496 e. The van der Waals surface area contributed by atoms with Crippen LogP contribution in [0.1, 0.15) is 26.3 Å². The quantitative estimate of drug-likeness (QED) is 0.575. The first-order chi connectivity index (χ1) is 11.8. The van der Waals surface area contributed by atoms with Crippen LogP contribution in [0.2, 0.25) is 0 Å². The Labute approximate surface area is 142 Å². The monoisotopic (exact) mass is 347 g/mol. The van der Waals surface area contributed by atoms with Gasteiger partial charge >= 0.3 is 11.7 Å². The number of nitrogens with one attached hydrogen (secondary N) is 1. The molecule has 0 fully saturated rings. The number of esters is 1. The number of hydrogen-bond donors (Lipinski definition) is 2. The van der Waals surface area contributed by atoms with E-state index in [1.807, 2.05) is 11.9 Å². The van der Waals surface area contributed by atoms with Gasteiger partial charge in [-0.1, -0.05) is 6.07 Å². The van der Waals surface area contributed by atoms with Gasteiger partial charge in [-0.15, -0.1) is 0 Å². The van der Waals surface area contributed by atoms with Gasteiger partial charge in [-0.3, -0.25) is 19.1 Å². The van der Waals surface area contributed by atoms with Crippen LogP contribution < -0.4 is 21.7 Å². The number of rotatable bonds is 5. The number of Topliss-reactive ketones (excluding diaryl/α,β-unsaturated/α-hetero) is 1. The van der Waals surface area contributed by atoms with Gasteiger partial charge in [0.05, 0.1) is 12.7 Å². The molecule has 1 heterocycles. The van der Waals surface area contributed by atoms with E-state index in [1.54, 1.807) is 6.07 Å². The number of aromatic amines is 1. The third-order valence-corrected chi connectivity index (χ3v) is 3.63. The van der Waals surface area contributed by atoms with Crippen molar-refractivity contribution in [3.63, 3.8) is 0 Å². The lowest BCUT2D eigenvalue weighted by molar-refractivity contribution is 0.0474. The first kappa shape index (κ1) is 18.0. The van der Waals surface area contributed by atoms with Gasteiger partial charge in [0.15, 0.2) is 6.61 Å². The van der Waals surface area contributed by atoms with E-state index >= 15 is 0 Å². The van der Waals surface area contributed by atoms with Crippen LogP contribution in [0.3, 0.4) is 0 Å². The van der Waals surface area contributed by atoms with E-state index in [-0.39, 0.29) is 11.4 Å². The minimum atomic E-state index is -0.932. The number of methoxy groups -OCH3 is 1. The lowest BCUT2D eigenvalue weighted by Gasteiger charge is -2.09. The Hall–Kier alpha value is -3.36. The molecular formula is C16H17N3O6. The summed E-state index contributed by atoms with van der Waals surface area (Å²) < 4.78 is 11.0. The second-order valence-electron chi connectivity index (χ2n) is 5.26. The molecule has 0 amide bonds. The first-order valence-corrected chi connectivity index (χ1v) is 7.20. The van der Waals surface area contributed by atoms with Crippen molar-refractivity contribution in [3.05, 3.63) is 55.7 Å². The molecule has 2 aromatic rings. The SMILES string of the molecule is COc1cc(C(=O)OCC(=O)c2c(N)n(C)c(=O)[nH]c2=O)ccc1C. The summed E-state index contributed by atoms with van der Waals surface area (Å²) in [6.07, 6.45) is 0. The number of ether oxygens (including phenoxy) is 2. The molecule has 0 radical (unpaired) electrons. The minimum absolute atomic E-state index is 0.192. The van der Waals surface area contributed by atoms with Crippen molar-refractivity contribution in [2.75, 3.05) is 19.5 Å². The highest BCUT2D eigenvalue weighted by Crippen LogP contribution is 2.19. The Morgan fingerprint density at radius 3 is 2.60 bits per heavy atom. The Balaban J connectivity index is 2.18. The molecule has 0 saturated heterocycles. The van der Waals surface area contributed by atoms with Gasteiger partial charge in [0.2, 0.25) is 5.78 Å². The maximum atomic E-state index is 12.1. The lowest BCUT2D eigenvalue weighted by atomic mass is 10.1. The highest BCUT2D eigenvalue weighted by molar-refractivity contribution is 6.02. The second kappa shape index (κ2) is 7.04. The third-order valence-electron chi connectivity index (χ3n) is 3.63. The Morgan fingerprint density at radius 2 is 1.96 bits per heavy atom. The van der Waals surface area contributed by atoms with E-state index < -0.39 is 35.2 Å². The number of H-pyrrole nitrogens is 1. The van der Waals surface area contributed by atoms with Crippen molar-refractivity contribution in [2.45, 2.75) is 6.92 Å². The topological polar surface area (TPSA) is 133 Å². The third kappa shape index (κ3) is 3.60. The number of aryl methyl sites for hydroxylation is 1. The second-order valence-corrected chi connectivity index (χ2v) is 5.26. The highest BCUT2D eigenvalue weighted by atomic mass is 16.5. The van der Waals surface area contributed by atoms with Crippen molar-refractivity contribution in [3.8, 4) is 5.75 Å². The molecule has 0 bridgehead atoms. The fourth-order valence-electron chi connectivity index (χ4n) is 2.14. The zero-order chi connectivity index (χ0) is 18.7. The Bertz CT molecular complexity index is 957. The van der Waals surface area contributed by atoms with Crippen LogP contribution in [0, 0.1) is 6.92 Å². The van der Waals surface area contributed by atoms with E-state index in [0.717, 1.165) is 10.1 Å². The van der Waals surface area contributed by atoms with Gasteiger partial charge in [-0.05, 0) is 24.6 Å². The average Bonchev–Trinajstić information content (AvgIpc) is 2.58. The van der Waals surface area contributed by atoms with Crippen LogP contribution in [0.5, 0.6) is 5.75 Å². The van der Waals surface area contributed by atoms with Gasteiger partial charge in [-0.2, -0.15) is 0 Å². The number of benzene rings is 1. The molecule has 0 spiro atoms. The van der Waals surface area contributed by atoms with Crippen LogP contribution >= 0.6 is 0 Å². The number of hydrogen-bond acceptors (Lipinski definition) is 7. The summed E-state index contributed by atoms with van der Waals surface area (Å²) in [5.74, 6) is -1.38. The van der Waals surface area contributed by atoms with Crippen molar-refractivity contribution < 1.29 is 19.1 Å². The molecule has 0 aliphatic rings. The van der Waals surface area contributed by atoms with Crippen LogP contribution in [0.4, 0.5) is 5.82 Å². The maximum Gasteiger partial charge on any atom is 0.338 e.